The molecule has 0 aromatic heterocycles. The van der Waals surface area contributed by atoms with E-state index in [0.717, 1.165) is 0 Å². The van der Waals surface area contributed by atoms with E-state index >= 15 is 0 Å². The molecule has 0 amide bonds. The highest BCUT2D eigenvalue weighted by atomic mass is 16.8. The molecule has 15 nitrogen and oxygen atoms in total. The Balaban J connectivity index is 2.08. The highest BCUT2D eigenvalue weighted by Crippen LogP contribution is 2.41. The fourth-order valence-electron chi connectivity index (χ4n) is 6.05. The lowest BCUT2D eigenvalue weighted by molar-refractivity contribution is -0.426. The molecule has 0 bridgehead atoms. The van der Waals surface area contributed by atoms with Crippen LogP contribution in [0.4, 0.5) is 0 Å². The van der Waals surface area contributed by atoms with Crippen molar-refractivity contribution in [1.29, 1.82) is 0 Å². The summed E-state index contributed by atoms with van der Waals surface area (Å²) >= 11 is 0. The summed E-state index contributed by atoms with van der Waals surface area (Å²) in [6, 6.07) is 0. The zero-order valence-corrected chi connectivity index (χ0v) is 26.8. The fraction of sp³-hybridized carbons (Fsp3) is 1.00. The molecular formula is C28H52O15. The summed E-state index contributed by atoms with van der Waals surface area (Å²) in [4.78, 5) is 0. The molecule has 0 N–H and O–H groups in total. The maximum atomic E-state index is 6.75. The lowest BCUT2D eigenvalue weighted by Crippen LogP contribution is -2.72. The summed E-state index contributed by atoms with van der Waals surface area (Å²) in [5, 5.41) is 0. The Labute approximate surface area is 254 Å². The summed E-state index contributed by atoms with van der Waals surface area (Å²) in [5.41, 5.74) is 0. The van der Waals surface area contributed by atoms with Crippen LogP contribution in [0.25, 0.3) is 0 Å². The van der Waals surface area contributed by atoms with E-state index in [1.54, 1.807) is 56.9 Å². The lowest BCUT2D eigenvalue weighted by atomic mass is 9.90. The molecule has 15 heteroatoms. The average molecular weight is 629 g/mol. The molecule has 3 heterocycles. The molecule has 2 spiro atoms. The number of ether oxygens (including phenoxy) is 15. The second kappa shape index (κ2) is 18.5. The molecule has 0 saturated carbocycles. The van der Waals surface area contributed by atoms with Crippen molar-refractivity contribution in [1.82, 2.24) is 0 Å². The second-order valence-corrected chi connectivity index (χ2v) is 10.4. The Bertz CT molecular complexity index is 704. The lowest BCUT2D eigenvalue weighted by Gasteiger charge is -2.54. The molecule has 3 aliphatic heterocycles. The van der Waals surface area contributed by atoms with E-state index in [-0.39, 0.29) is 46.2 Å². The van der Waals surface area contributed by atoms with Crippen LogP contribution in [0.5, 0.6) is 0 Å². The molecular weight excluding hydrogens is 576 g/mol. The van der Waals surface area contributed by atoms with Crippen LogP contribution in [0.15, 0.2) is 0 Å². The second-order valence-electron chi connectivity index (χ2n) is 10.4. The van der Waals surface area contributed by atoms with Gasteiger partial charge in [-0.3, -0.25) is 0 Å². The number of rotatable bonds is 10. The van der Waals surface area contributed by atoms with Crippen LogP contribution in [-0.2, 0) is 71.1 Å². The van der Waals surface area contributed by atoms with E-state index in [1.807, 2.05) is 0 Å². The molecule has 3 aliphatic rings. The van der Waals surface area contributed by atoms with Crippen molar-refractivity contribution < 1.29 is 71.1 Å². The van der Waals surface area contributed by atoms with Gasteiger partial charge in [-0.15, -0.1) is 0 Å². The van der Waals surface area contributed by atoms with Crippen LogP contribution < -0.4 is 0 Å². The van der Waals surface area contributed by atoms with Gasteiger partial charge in [0.15, 0.2) is 0 Å². The maximum absolute atomic E-state index is 6.75. The predicted octanol–water partition coefficient (Wildman–Crippen LogP) is -0.344. The predicted molar refractivity (Wildman–Crippen MR) is 148 cm³/mol. The van der Waals surface area contributed by atoms with E-state index in [9.17, 15) is 0 Å². The summed E-state index contributed by atoms with van der Waals surface area (Å²) in [6.45, 7) is 1.92. The molecule has 0 radical (unpaired) electrons. The van der Waals surface area contributed by atoms with Crippen LogP contribution in [-0.4, -0.2) is 183 Å². The molecule has 3 rings (SSSR count). The first-order valence-corrected chi connectivity index (χ1v) is 14.5. The smallest absolute Gasteiger partial charge is 0.222 e. The van der Waals surface area contributed by atoms with E-state index in [0.29, 0.717) is 19.8 Å². The number of hydrogen-bond acceptors (Lipinski definition) is 15. The van der Waals surface area contributed by atoms with Crippen LogP contribution in [0, 0.1) is 0 Å². The topological polar surface area (TPSA) is 138 Å². The Morgan fingerprint density at radius 1 is 0.465 bits per heavy atom. The van der Waals surface area contributed by atoms with Crippen LogP contribution in [0.3, 0.4) is 0 Å². The standard InChI is InChI=1S/C28H52O15/c1-29-15-19-21(31-3)23(33-5)25(35-7)27(42-19)17-39-12-11-37-9-10-38-13-14-40-28(18-41-27)26(36-8)24(34-6)22(32-4)20(43-28)16-30-2/h19-26H,9-18H2,1-8H3/t19-,20-,21+,22+,23+,24+,25-,26-,27+,28+/m1/s1. The van der Waals surface area contributed by atoms with Gasteiger partial charge in [-0.2, -0.15) is 0 Å². The molecule has 43 heavy (non-hydrogen) atoms. The SMILES string of the molecule is COC[C@H]1O[C@@]2(COCCOCCOCCO[C@@]3(CO2)O[C@H](COC)[C@H](OC)[C@H](OC)[C@H]3OC)[C@H](OC)[C@@H](OC)[C@H]1OC. The Hall–Kier alpha value is -0.600. The fourth-order valence-corrected chi connectivity index (χ4v) is 6.05. The molecule has 0 aromatic rings. The highest BCUT2D eigenvalue weighted by Gasteiger charge is 2.62. The highest BCUT2D eigenvalue weighted by molar-refractivity contribution is 5.03. The third-order valence-corrected chi connectivity index (χ3v) is 7.94. The van der Waals surface area contributed by atoms with Gasteiger partial charge < -0.3 is 71.1 Å². The van der Waals surface area contributed by atoms with Crippen molar-refractivity contribution in [3.8, 4) is 0 Å². The monoisotopic (exact) mass is 628 g/mol. The van der Waals surface area contributed by atoms with Gasteiger partial charge >= 0.3 is 0 Å². The molecule has 3 fully saturated rings. The van der Waals surface area contributed by atoms with Crippen LogP contribution in [0.2, 0.25) is 0 Å². The van der Waals surface area contributed by atoms with E-state index in [1.165, 1.54) is 0 Å². The van der Waals surface area contributed by atoms with Crippen molar-refractivity contribution in [3.63, 3.8) is 0 Å². The molecule has 0 aliphatic carbocycles. The third kappa shape index (κ3) is 8.61. The van der Waals surface area contributed by atoms with Crippen LogP contribution in [0.1, 0.15) is 0 Å². The van der Waals surface area contributed by atoms with Crippen molar-refractivity contribution in [2.75, 3.05) is 123 Å². The number of methoxy groups -OCH3 is 8. The first-order chi connectivity index (χ1) is 20.9. The van der Waals surface area contributed by atoms with Crippen LogP contribution >= 0.6 is 0 Å². The van der Waals surface area contributed by atoms with Crippen molar-refractivity contribution in [2.45, 2.75) is 60.4 Å². The van der Waals surface area contributed by atoms with Gasteiger partial charge in [-0.05, 0) is 0 Å². The molecule has 0 unspecified atom stereocenters. The van der Waals surface area contributed by atoms with Gasteiger partial charge in [0, 0.05) is 56.9 Å². The summed E-state index contributed by atoms with van der Waals surface area (Å²) in [6.07, 6.45) is -5.12. The van der Waals surface area contributed by atoms with Gasteiger partial charge in [0.1, 0.15) is 62.0 Å². The van der Waals surface area contributed by atoms with Gasteiger partial charge in [-0.1, -0.05) is 0 Å². The Kier molecular flexibility index (Phi) is 15.9. The minimum atomic E-state index is -1.53. The van der Waals surface area contributed by atoms with Gasteiger partial charge in [0.05, 0.1) is 52.9 Å². The first kappa shape index (κ1) is 36.9. The normalized spacial score (nSPS) is 40.7. The Morgan fingerprint density at radius 2 is 0.884 bits per heavy atom. The molecule has 0 aromatic carbocycles. The minimum Gasteiger partial charge on any atom is -0.382 e. The van der Waals surface area contributed by atoms with Gasteiger partial charge in [-0.25, -0.2) is 0 Å². The molecule has 254 valence electrons. The van der Waals surface area contributed by atoms with E-state index < -0.39 is 60.4 Å². The summed E-state index contributed by atoms with van der Waals surface area (Å²) in [7, 11) is 12.6. The summed E-state index contributed by atoms with van der Waals surface area (Å²) < 4.78 is 90.4. The third-order valence-electron chi connectivity index (χ3n) is 7.94. The quantitative estimate of drug-likeness (QED) is 0.311. The molecule has 3 saturated heterocycles. The summed E-state index contributed by atoms with van der Waals surface area (Å²) in [5.74, 6) is -3.06. The van der Waals surface area contributed by atoms with E-state index in [2.05, 4.69) is 0 Å². The zero-order valence-electron chi connectivity index (χ0n) is 26.8. The zero-order chi connectivity index (χ0) is 31.3. The maximum Gasteiger partial charge on any atom is 0.222 e. The molecule has 10 atom stereocenters. The first-order valence-electron chi connectivity index (χ1n) is 14.5. The van der Waals surface area contributed by atoms with Crippen molar-refractivity contribution >= 4 is 0 Å². The van der Waals surface area contributed by atoms with Crippen molar-refractivity contribution in [2.24, 2.45) is 0 Å². The Morgan fingerprint density at radius 3 is 1.30 bits per heavy atom. The van der Waals surface area contributed by atoms with Crippen molar-refractivity contribution in [3.05, 3.63) is 0 Å². The van der Waals surface area contributed by atoms with E-state index in [4.69, 9.17) is 71.1 Å². The van der Waals surface area contributed by atoms with Gasteiger partial charge in [0.2, 0.25) is 11.6 Å². The average Bonchev–Trinajstić information content (AvgIpc) is 3.02. The largest absolute Gasteiger partial charge is 0.382 e. The minimum absolute atomic E-state index is 0.0501. The van der Waals surface area contributed by atoms with Gasteiger partial charge in [0.25, 0.3) is 0 Å². The number of hydrogen-bond donors (Lipinski definition) is 0.